The Morgan fingerprint density at radius 3 is 2.06 bits per heavy atom. The third-order valence-corrected chi connectivity index (χ3v) is 4.43. The second-order valence-electron chi connectivity index (χ2n) is 3.09. The van der Waals surface area contributed by atoms with Crippen LogP contribution in [0.15, 0.2) is 0 Å². The molecule has 0 aromatic heterocycles. The van der Waals surface area contributed by atoms with E-state index in [1.807, 2.05) is 0 Å². The highest BCUT2D eigenvalue weighted by atomic mass is 79.9. The number of carbonyl (C=O) groups excluding carboxylic acids is 1. The first-order valence-corrected chi connectivity index (χ1v) is 7.33. The summed E-state index contributed by atoms with van der Waals surface area (Å²) in [6, 6.07) is 0. The van der Waals surface area contributed by atoms with Gasteiger partial charge >= 0.3 is 5.97 Å². The molecule has 0 amide bonds. The van der Waals surface area contributed by atoms with Gasteiger partial charge in [0.05, 0.1) is 6.61 Å². The van der Waals surface area contributed by atoms with Crippen molar-refractivity contribution in [2.75, 3.05) is 18.2 Å². The fourth-order valence-electron chi connectivity index (χ4n) is 0.845. The van der Waals surface area contributed by atoms with Crippen LogP contribution in [0, 0.1) is 0 Å². The lowest BCUT2D eigenvalue weighted by molar-refractivity contribution is -0.144. The zero-order valence-corrected chi connectivity index (χ0v) is 11.2. The lowest BCUT2D eigenvalue weighted by Crippen LogP contribution is -2.43. The topological polar surface area (TPSA) is 26.3 Å². The second kappa shape index (κ2) is 3.88. The zero-order valence-electron chi connectivity index (χ0n) is 7.99. The molecule has 0 aliphatic rings. The summed E-state index contributed by atoms with van der Waals surface area (Å²) in [5, 5.41) is 0. The van der Waals surface area contributed by atoms with Crippen molar-refractivity contribution in [3.8, 4) is 0 Å². The Labute approximate surface area is 102 Å². The number of ether oxygens (including phenoxy) is 1. The zero-order chi connectivity index (χ0) is 13.3. The first-order chi connectivity index (χ1) is 6.73. The monoisotopic (exact) mass is 354 g/mol. The molecule has 0 saturated heterocycles. The maximum atomic E-state index is 12.2. The number of hydrogen-bond acceptors (Lipinski definition) is 2. The van der Waals surface area contributed by atoms with E-state index in [-0.39, 0.29) is 6.61 Å². The second-order valence-corrected chi connectivity index (χ2v) is 7.42. The van der Waals surface area contributed by atoms with Gasteiger partial charge in [-0.2, -0.15) is 0 Å². The molecule has 0 radical (unpaired) electrons. The molecular formula is C6H9BrClF5O2S. The molecule has 0 saturated carbocycles. The number of halogens is 7. The third kappa shape index (κ3) is 6.09. The van der Waals surface area contributed by atoms with E-state index in [0.717, 1.165) is 0 Å². The number of esters is 1. The molecule has 0 aromatic rings. The van der Waals surface area contributed by atoms with Crippen molar-refractivity contribution in [2.45, 2.75) is 11.2 Å². The number of carbonyl (C=O) groups is 1. The Bertz CT molecular complexity index is 293. The Morgan fingerprint density at radius 2 is 1.81 bits per heavy atom. The fraction of sp³-hybridized carbons (Fsp3) is 0.833. The molecule has 1 atom stereocenters. The van der Waals surface area contributed by atoms with E-state index in [1.54, 1.807) is 0 Å². The quantitative estimate of drug-likeness (QED) is 0.419. The highest BCUT2D eigenvalue weighted by molar-refractivity contribution is 9.10. The van der Waals surface area contributed by atoms with E-state index in [1.165, 1.54) is 6.92 Å². The fourth-order valence-corrected chi connectivity index (χ4v) is 3.66. The highest BCUT2D eigenvalue weighted by Crippen LogP contribution is 2.98. The van der Waals surface area contributed by atoms with Crippen LogP contribution in [0.5, 0.6) is 0 Å². The third-order valence-electron chi connectivity index (χ3n) is 1.35. The smallest absolute Gasteiger partial charge is 0.325 e. The Balaban J connectivity index is 5.11. The van der Waals surface area contributed by atoms with Gasteiger partial charge < -0.3 is 4.74 Å². The average molecular weight is 356 g/mol. The molecule has 0 spiro atoms. The summed E-state index contributed by atoms with van der Waals surface area (Å²) in [7, 11) is -9.74. The van der Waals surface area contributed by atoms with Crippen molar-refractivity contribution < 1.29 is 29.0 Å². The van der Waals surface area contributed by atoms with E-state index >= 15 is 0 Å². The normalized spacial score (nSPS) is 20.5. The summed E-state index contributed by atoms with van der Waals surface area (Å²) >= 11 is 7.39. The van der Waals surface area contributed by atoms with Crippen LogP contribution in [0.25, 0.3) is 0 Å². The molecule has 16 heavy (non-hydrogen) atoms. The van der Waals surface area contributed by atoms with Crippen molar-refractivity contribution >= 4 is 43.7 Å². The van der Waals surface area contributed by atoms with Gasteiger partial charge in [0.1, 0.15) is 5.75 Å². The Hall–Kier alpha value is 0.240. The van der Waals surface area contributed by atoms with Crippen LogP contribution in [0.1, 0.15) is 6.92 Å². The molecule has 0 aromatic carbocycles. The van der Waals surface area contributed by atoms with Crippen molar-refractivity contribution in [2.24, 2.45) is 0 Å². The van der Waals surface area contributed by atoms with Gasteiger partial charge in [-0.15, -0.1) is 11.6 Å². The van der Waals surface area contributed by atoms with E-state index in [0.29, 0.717) is 0 Å². The van der Waals surface area contributed by atoms with Gasteiger partial charge in [0.15, 0.2) is 4.32 Å². The number of alkyl halides is 2. The summed E-state index contributed by atoms with van der Waals surface area (Å²) in [5.41, 5.74) is 0. The van der Waals surface area contributed by atoms with Gasteiger partial charge in [0.25, 0.3) is 10.2 Å². The summed E-state index contributed by atoms with van der Waals surface area (Å²) < 4.78 is 62.6. The van der Waals surface area contributed by atoms with Crippen LogP contribution in [0.3, 0.4) is 0 Å². The molecule has 10 heteroatoms. The molecule has 0 bridgehead atoms. The lowest BCUT2D eigenvalue weighted by Gasteiger charge is -2.44. The number of hydrogen-bond donors (Lipinski definition) is 0. The van der Waals surface area contributed by atoms with Crippen LogP contribution >= 0.6 is 37.8 Å². The van der Waals surface area contributed by atoms with Gasteiger partial charge in [0, 0.05) is 5.88 Å². The van der Waals surface area contributed by atoms with Crippen LogP contribution in [0.2, 0.25) is 0 Å². The molecule has 1 unspecified atom stereocenters. The summed E-state index contributed by atoms with van der Waals surface area (Å²) in [6.07, 6.45) is 0. The van der Waals surface area contributed by atoms with Gasteiger partial charge in [-0.1, -0.05) is 35.4 Å². The van der Waals surface area contributed by atoms with Gasteiger partial charge in [-0.3, -0.25) is 4.79 Å². The SMILES string of the molecule is CCOC(=O)C(Br)(CCl)CS(F)(F)(F)(F)F. The highest BCUT2D eigenvalue weighted by Gasteiger charge is 2.68. The van der Waals surface area contributed by atoms with Crippen LogP contribution in [0.4, 0.5) is 19.4 Å². The molecule has 0 N–H and O–H groups in total. The maximum absolute atomic E-state index is 12.2. The molecule has 0 rings (SSSR count). The van der Waals surface area contributed by atoms with Gasteiger partial charge in [-0.05, 0) is 6.92 Å². The molecular weight excluding hydrogens is 346 g/mol. The predicted molar refractivity (Wildman–Crippen MR) is 57.0 cm³/mol. The van der Waals surface area contributed by atoms with Gasteiger partial charge in [0.2, 0.25) is 0 Å². The first-order valence-electron chi connectivity index (χ1n) is 3.88. The molecule has 0 fully saturated rings. The van der Waals surface area contributed by atoms with E-state index in [4.69, 9.17) is 11.6 Å². The molecule has 0 aliphatic heterocycles. The standard InChI is InChI=1S/C6H9BrClF5O2S/c1-2-15-5(14)6(7,3-8)4-16(9,10,11,12)13/h2-4H2,1H3. The maximum Gasteiger partial charge on any atom is 0.325 e. The minimum atomic E-state index is -9.74. The summed E-state index contributed by atoms with van der Waals surface area (Å²) in [5.74, 6) is -5.06. The molecule has 100 valence electrons. The molecule has 0 heterocycles. The van der Waals surface area contributed by atoms with Crippen LogP contribution in [-0.4, -0.2) is 28.5 Å². The van der Waals surface area contributed by atoms with Crippen molar-refractivity contribution in [1.82, 2.24) is 0 Å². The van der Waals surface area contributed by atoms with Crippen molar-refractivity contribution in [1.29, 1.82) is 0 Å². The largest absolute Gasteiger partial charge is 0.465 e. The summed E-state index contributed by atoms with van der Waals surface area (Å²) in [4.78, 5) is 11.1. The number of rotatable bonds is 5. The first kappa shape index (κ1) is 16.2. The Kier molecular flexibility index (Phi) is 3.93. The van der Waals surface area contributed by atoms with E-state index in [9.17, 15) is 24.2 Å². The average Bonchev–Trinajstić information content (AvgIpc) is 1.99. The van der Waals surface area contributed by atoms with Crippen molar-refractivity contribution in [3.63, 3.8) is 0 Å². The van der Waals surface area contributed by atoms with Gasteiger partial charge in [-0.25, -0.2) is 0 Å². The lowest BCUT2D eigenvalue weighted by atomic mass is 10.2. The minimum absolute atomic E-state index is 0.233. The van der Waals surface area contributed by atoms with E-state index in [2.05, 4.69) is 20.7 Å². The van der Waals surface area contributed by atoms with Crippen LogP contribution < -0.4 is 0 Å². The van der Waals surface area contributed by atoms with Crippen molar-refractivity contribution in [3.05, 3.63) is 0 Å². The Morgan fingerprint density at radius 1 is 1.38 bits per heavy atom. The predicted octanol–water partition coefficient (Wildman–Crippen LogP) is 4.22. The van der Waals surface area contributed by atoms with E-state index < -0.39 is 32.2 Å². The van der Waals surface area contributed by atoms with Crippen LogP contribution in [-0.2, 0) is 9.53 Å². The molecule has 2 nitrogen and oxygen atoms in total. The minimum Gasteiger partial charge on any atom is -0.465 e. The molecule has 0 aliphatic carbocycles. The summed E-state index contributed by atoms with van der Waals surface area (Å²) in [6.45, 7) is 1.10.